The fourth-order valence-electron chi connectivity index (χ4n) is 5.61. The van der Waals surface area contributed by atoms with Crippen molar-refractivity contribution in [2.45, 2.75) is 30.9 Å². The fraction of sp³-hybridized carbons (Fsp3) is 0.353. The first kappa shape index (κ1) is 32.9. The largest absolute Gasteiger partial charge is 0.475 e. The molecule has 45 heavy (non-hydrogen) atoms. The van der Waals surface area contributed by atoms with E-state index >= 15 is 0 Å². The predicted molar refractivity (Wildman–Crippen MR) is 171 cm³/mol. The molecule has 0 aliphatic carbocycles. The van der Waals surface area contributed by atoms with Crippen LogP contribution in [0.3, 0.4) is 0 Å². The Labute approximate surface area is 270 Å². The quantitative estimate of drug-likeness (QED) is 0.156. The summed E-state index contributed by atoms with van der Waals surface area (Å²) in [5, 5.41) is 7.19. The fourth-order valence-corrected chi connectivity index (χ4v) is 6.81. The first-order valence-corrected chi connectivity index (χ1v) is 16.4. The molecule has 0 bridgehead atoms. The molecular weight excluding hydrogens is 623 g/mol. The van der Waals surface area contributed by atoms with Crippen LogP contribution in [0, 0.1) is 0 Å². The van der Waals surface area contributed by atoms with Crippen molar-refractivity contribution >= 4 is 29.3 Å². The third kappa shape index (κ3) is 8.42. The Kier molecular flexibility index (Phi) is 11.1. The third-order valence-corrected chi connectivity index (χ3v) is 9.32. The standard InChI is InChI=1S/C34H35ClF3N3O3S/c35-32-25(9-7-14-29(32)34(36,37)38)23-33(26-10-3-1-4-11-26,27-12-5-2-6-13-27)24-39-15-8-18-43-30-21-28(44-40-30)22-31(42)41-16-19-45-20-17-41/h1-7,9-14,21,39H,8,15-20,22-24H2. The van der Waals surface area contributed by atoms with E-state index < -0.39 is 17.2 Å². The number of hydrogen-bond acceptors (Lipinski definition) is 6. The molecule has 5 rings (SSSR count). The number of amides is 1. The van der Waals surface area contributed by atoms with Crippen LogP contribution in [0.25, 0.3) is 0 Å². The average molecular weight is 658 g/mol. The van der Waals surface area contributed by atoms with Crippen molar-refractivity contribution in [1.29, 1.82) is 0 Å². The van der Waals surface area contributed by atoms with E-state index in [0.29, 0.717) is 43.3 Å². The van der Waals surface area contributed by atoms with Gasteiger partial charge in [0, 0.05) is 42.6 Å². The molecule has 238 valence electrons. The second-order valence-corrected chi connectivity index (χ2v) is 12.6. The number of halogens is 4. The Bertz CT molecular complexity index is 1490. The highest BCUT2D eigenvalue weighted by Gasteiger charge is 2.38. The summed E-state index contributed by atoms with van der Waals surface area (Å²) in [4.78, 5) is 14.4. The summed E-state index contributed by atoms with van der Waals surface area (Å²) in [6.07, 6.45) is -3.51. The van der Waals surface area contributed by atoms with Crippen molar-refractivity contribution in [3.05, 3.63) is 118 Å². The second-order valence-electron chi connectivity index (χ2n) is 10.9. The van der Waals surface area contributed by atoms with Gasteiger partial charge in [-0.15, -0.1) is 0 Å². The molecule has 0 unspecified atom stereocenters. The number of thioether (sulfide) groups is 1. The van der Waals surface area contributed by atoms with Crippen LogP contribution in [-0.4, -0.2) is 60.3 Å². The summed E-state index contributed by atoms with van der Waals surface area (Å²) in [6, 6.07) is 25.3. The molecule has 1 saturated heterocycles. The molecule has 0 saturated carbocycles. The average Bonchev–Trinajstić information content (AvgIpc) is 3.50. The maximum atomic E-state index is 13.7. The highest BCUT2D eigenvalue weighted by molar-refractivity contribution is 7.99. The molecule has 1 N–H and O–H groups in total. The van der Waals surface area contributed by atoms with E-state index in [1.54, 1.807) is 12.1 Å². The lowest BCUT2D eigenvalue weighted by Gasteiger charge is -2.36. The number of nitrogens with one attached hydrogen (secondary N) is 1. The first-order valence-electron chi connectivity index (χ1n) is 14.9. The van der Waals surface area contributed by atoms with E-state index in [9.17, 15) is 18.0 Å². The molecule has 1 aliphatic heterocycles. The Morgan fingerprint density at radius 1 is 0.978 bits per heavy atom. The Morgan fingerprint density at radius 2 is 1.64 bits per heavy atom. The van der Waals surface area contributed by atoms with Crippen molar-refractivity contribution in [1.82, 2.24) is 15.4 Å². The zero-order chi connectivity index (χ0) is 31.7. The lowest BCUT2D eigenvalue weighted by molar-refractivity contribution is -0.137. The smallest absolute Gasteiger partial charge is 0.417 e. The summed E-state index contributed by atoms with van der Waals surface area (Å²) in [5.74, 6) is 2.71. The molecule has 0 radical (unpaired) electrons. The van der Waals surface area contributed by atoms with Crippen LogP contribution in [0.2, 0.25) is 5.02 Å². The van der Waals surface area contributed by atoms with E-state index in [1.165, 1.54) is 6.07 Å². The summed E-state index contributed by atoms with van der Waals surface area (Å²) in [5.41, 5.74) is 0.789. The molecule has 1 aromatic heterocycles. The number of hydrogen-bond donors (Lipinski definition) is 1. The number of alkyl halides is 3. The van der Waals surface area contributed by atoms with Gasteiger partial charge in [-0.05, 0) is 47.3 Å². The summed E-state index contributed by atoms with van der Waals surface area (Å²) < 4.78 is 52.3. The Balaban J connectivity index is 1.25. The number of carbonyl (C=O) groups is 1. The maximum Gasteiger partial charge on any atom is 0.417 e. The van der Waals surface area contributed by atoms with Gasteiger partial charge in [0.1, 0.15) is 5.76 Å². The number of aromatic nitrogens is 1. The van der Waals surface area contributed by atoms with Gasteiger partial charge < -0.3 is 19.5 Å². The number of benzene rings is 3. The molecule has 2 heterocycles. The Morgan fingerprint density at radius 3 is 2.29 bits per heavy atom. The van der Waals surface area contributed by atoms with Gasteiger partial charge in [-0.1, -0.05) is 84.4 Å². The first-order chi connectivity index (χ1) is 21.8. The molecule has 6 nitrogen and oxygen atoms in total. The summed E-state index contributed by atoms with van der Waals surface area (Å²) >= 11 is 8.26. The number of nitrogens with zero attached hydrogens (tertiary/aromatic N) is 2. The highest BCUT2D eigenvalue weighted by Crippen LogP contribution is 2.41. The van der Waals surface area contributed by atoms with Gasteiger partial charge in [-0.2, -0.15) is 24.9 Å². The van der Waals surface area contributed by atoms with Gasteiger partial charge in [-0.3, -0.25) is 4.79 Å². The van der Waals surface area contributed by atoms with Crippen LogP contribution in [0.15, 0.2) is 89.5 Å². The molecule has 0 atom stereocenters. The van der Waals surface area contributed by atoms with E-state index in [0.717, 1.165) is 41.8 Å². The summed E-state index contributed by atoms with van der Waals surface area (Å²) in [6.45, 7) is 2.87. The molecule has 3 aromatic carbocycles. The molecule has 1 fully saturated rings. The zero-order valence-corrected chi connectivity index (χ0v) is 26.3. The van der Waals surface area contributed by atoms with E-state index in [-0.39, 0.29) is 23.8 Å². The minimum absolute atomic E-state index is 0.0222. The highest BCUT2D eigenvalue weighted by atomic mass is 35.5. The molecular formula is C34H35ClF3N3O3S. The van der Waals surface area contributed by atoms with E-state index in [2.05, 4.69) is 10.5 Å². The van der Waals surface area contributed by atoms with Gasteiger partial charge in [0.2, 0.25) is 5.91 Å². The normalized spacial score (nSPS) is 14.0. The van der Waals surface area contributed by atoms with Crippen molar-refractivity contribution in [3.63, 3.8) is 0 Å². The lowest BCUT2D eigenvalue weighted by atomic mass is 9.70. The van der Waals surface area contributed by atoms with Gasteiger partial charge in [0.05, 0.1) is 23.6 Å². The predicted octanol–water partition coefficient (Wildman–Crippen LogP) is 7.05. The van der Waals surface area contributed by atoms with Crippen molar-refractivity contribution < 1.29 is 27.2 Å². The van der Waals surface area contributed by atoms with Crippen LogP contribution in [-0.2, 0) is 29.2 Å². The van der Waals surface area contributed by atoms with Crippen LogP contribution in [0.4, 0.5) is 13.2 Å². The van der Waals surface area contributed by atoms with Crippen LogP contribution >= 0.6 is 23.4 Å². The lowest BCUT2D eigenvalue weighted by Crippen LogP contribution is -2.42. The maximum absolute atomic E-state index is 13.7. The van der Waals surface area contributed by atoms with Crippen LogP contribution < -0.4 is 10.1 Å². The van der Waals surface area contributed by atoms with Gasteiger partial charge in [0.25, 0.3) is 5.88 Å². The summed E-state index contributed by atoms with van der Waals surface area (Å²) in [7, 11) is 0. The zero-order valence-electron chi connectivity index (χ0n) is 24.7. The van der Waals surface area contributed by atoms with Gasteiger partial charge in [0.15, 0.2) is 0 Å². The van der Waals surface area contributed by atoms with Crippen molar-refractivity contribution in [3.8, 4) is 5.88 Å². The van der Waals surface area contributed by atoms with E-state index in [4.69, 9.17) is 20.9 Å². The van der Waals surface area contributed by atoms with Crippen LogP contribution in [0.1, 0.15) is 34.4 Å². The third-order valence-electron chi connectivity index (χ3n) is 7.93. The Hall–Kier alpha value is -3.47. The monoisotopic (exact) mass is 657 g/mol. The van der Waals surface area contributed by atoms with Crippen LogP contribution in [0.5, 0.6) is 5.88 Å². The SMILES string of the molecule is O=C(Cc1cc(OCCCNCC(Cc2cccc(C(F)(F)F)c2Cl)(c2ccccc2)c2ccccc2)no1)N1CCSCC1. The number of rotatable bonds is 13. The minimum Gasteiger partial charge on any atom is -0.475 e. The van der Waals surface area contributed by atoms with Crippen molar-refractivity contribution in [2.24, 2.45) is 0 Å². The molecule has 1 amide bonds. The van der Waals surface area contributed by atoms with Crippen molar-refractivity contribution in [2.75, 3.05) is 44.3 Å². The molecule has 0 spiro atoms. The van der Waals surface area contributed by atoms with Gasteiger partial charge in [-0.25, -0.2) is 0 Å². The van der Waals surface area contributed by atoms with E-state index in [1.807, 2.05) is 77.3 Å². The molecule has 11 heteroatoms. The molecule has 4 aromatic rings. The number of carbonyl (C=O) groups excluding carboxylic acids is 1. The topological polar surface area (TPSA) is 67.6 Å². The second kappa shape index (κ2) is 15.2. The van der Waals surface area contributed by atoms with Gasteiger partial charge >= 0.3 is 6.18 Å². The number of ether oxygens (including phenoxy) is 1. The molecule has 1 aliphatic rings. The minimum atomic E-state index is -4.56.